The molecule has 0 saturated carbocycles. The summed E-state index contributed by atoms with van der Waals surface area (Å²) in [5.41, 5.74) is -2.55. The van der Waals surface area contributed by atoms with Gasteiger partial charge in [-0.3, -0.25) is 4.79 Å². The molecule has 0 aliphatic carbocycles. The van der Waals surface area contributed by atoms with Gasteiger partial charge in [0.05, 0.1) is 0 Å². The zero-order valence-electron chi connectivity index (χ0n) is 14.7. The fourth-order valence-electron chi connectivity index (χ4n) is 3.59. The second-order valence-corrected chi connectivity index (χ2v) is 7.18. The van der Waals surface area contributed by atoms with Gasteiger partial charge in [-0.05, 0) is 50.7 Å². The number of carbonyl (C=O) groups excluding carboxylic acids is 1. The molecule has 2 aliphatic heterocycles. The van der Waals surface area contributed by atoms with Crippen molar-refractivity contribution in [2.75, 3.05) is 31.1 Å². The third kappa shape index (κ3) is 3.62. The lowest BCUT2D eigenvalue weighted by molar-refractivity contribution is -0.275. The maximum atomic E-state index is 13.0. The first-order valence-corrected chi connectivity index (χ1v) is 8.87. The van der Waals surface area contributed by atoms with Crippen molar-refractivity contribution < 1.29 is 23.1 Å². The number of likely N-dealkylation sites (tertiary alicyclic amines) is 1. The molecule has 1 atom stereocenters. The van der Waals surface area contributed by atoms with Gasteiger partial charge in [0.1, 0.15) is 0 Å². The van der Waals surface area contributed by atoms with Crippen LogP contribution in [0.1, 0.15) is 43.1 Å². The molecule has 2 aliphatic rings. The molecule has 2 saturated heterocycles. The molecule has 0 aromatic carbocycles. The van der Waals surface area contributed by atoms with E-state index in [1.165, 1.54) is 4.90 Å². The molecule has 1 N–H and O–H groups in total. The Hall–Kier alpha value is -1.90. The Morgan fingerprint density at radius 2 is 1.73 bits per heavy atom. The Balaban J connectivity index is 1.60. The molecule has 3 heterocycles. The zero-order chi connectivity index (χ0) is 18.9. The summed E-state index contributed by atoms with van der Waals surface area (Å²) >= 11 is 0. The smallest absolute Gasteiger partial charge is 0.380 e. The van der Waals surface area contributed by atoms with Crippen LogP contribution in [-0.2, 0) is 0 Å². The molecule has 0 spiro atoms. The van der Waals surface area contributed by atoms with E-state index in [-0.39, 0.29) is 37.5 Å². The molecule has 1 aromatic rings. The number of amides is 1. The number of anilines is 1. The number of rotatable bonds is 3. The van der Waals surface area contributed by atoms with Crippen LogP contribution in [0.4, 0.5) is 19.0 Å². The third-order valence-electron chi connectivity index (χ3n) is 5.45. The predicted octanol–water partition coefficient (Wildman–Crippen LogP) is 2.24. The summed E-state index contributed by atoms with van der Waals surface area (Å²) in [6, 6.07) is 3.37. The van der Waals surface area contributed by atoms with Crippen LogP contribution in [0.5, 0.6) is 0 Å². The average molecular weight is 372 g/mol. The number of hydrogen-bond acceptors (Lipinski definition) is 5. The highest BCUT2D eigenvalue weighted by atomic mass is 19.4. The van der Waals surface area contributed by atoms with Crippen LogP contribution in [-0.4, -0.2) is 64.1 Å². The van der Waals surface area contributed by atoms with Gasteiger partial charge in [0.2, 0.25) is 0 Å². The van der Waals surface area contributed by atoms with Gasteiger partial charge < -0.3 is 14.9 Å². The molecule has 0 radical (unpaired) electrons. The maximum absolute atomic E-state index is 13.0. The van der Waals surface area contributed by atoms with Gasteiger partial charge in [-0.15, -0.1) is 10.2 Å². The zero-order valence-corrected chi connectivity index (χ0v) is 14.7. The van der Waals surface area contributed by atoms with Gasteiger partial charge in [-0.25, -0.2) is 0 Å². The highest BCUT2D eigenvalue weighted by Gasteiger charge is 2.55. The van der Waals surface area contributed by atoms with Crippen molar-refractivity contribution in [2.24, 2.45) is 5.92 Å². The average Bonchev–Trinajstić information content (AvgIpc) is 3.15. The van der Waals surface area contributed by atoms with Gasteiger partial charge in [0.15, 0.2) is 17.1 Å². The molecule has 0 bridgehead atoms. The van der Waals surface area contributed by atoms with Crippen LogP contribution in [0.2, 0.25) is 0 Å². The minimum Gasteiger partial charge on any atom is -0.380 e. The Kier molecular flexibility index (Phi) is 5.09. The fourth-order valence-corrected chi connectivity index (χ4v) is 3.59. The molecule has 6 nitrogen and oxygen atoms in total. The molecular weight excluding hydrogens is 349 g/mol. The van der Waals surface area contributed by atoms with E-state index in [1.54, 1.807) is 12.1 Å². The highest BCUT2D eigenvalue weighted by molar-refractivity contribution is 5.92. The standard InChI is InChI=1S/C17H23F3N4O2/c1-16(26,17(18,19)20)12-6-10-24(11-7-12)15(25)13-4-5-14(22-21-13)23-8-2-3-9-23/h4-5,12,26H,2-3,6-11H2,1H3. The van der Waals surface area contributed by atoms with Crippen LogP contribution in [0.3, 0.4) is 0 Å². The van der Waals surface area contributed by atoms with Crippen molar-refractivity contribution in [3.8, 4) is 0 Å². The third-order valence-corrected chi connectivity index (χ3v) is 5.45. The minimum absolute atomic E-state index is 0.0948. The number of nitrogens with zero attached hydrogens (tertiary/aromatic N) is 4. The van der Waals surface area contributed by atoms with Gasteiger partial charge in [0, 0.05) is 26.2 Å². The van der Waals surface area contributed by atoms with Crippen molar-refractivity contribution in [1.29, 1.82) is 0 Å². The summed E-state index contributed by atoms with van der Waals surface area (Å²) in [6.45, 7) is 2.97. The number of carbonyl (C=O) groups is 1. The lowest BCUT2D eigenvalue weighted by atomic mass is 9.81. The number of halogens is 3. The largest absolute Gasteiger partial charge is 0.417 e. The van der Waals surface area contributed by atoms with E-state index >= 15 is 0 Å². The van der Waals surface area contributed by atoms with Crippen LogP contribution in [0.15, 0.2) is 12.1 Å². The quantitative estimate of drug-likeness (QED) is 0.881. The van der Waals surface area contributed by atoms with Crippen molar-refractivity contribution >= 4 is 11.7 Å². The van der Waals surface area contributed by atoms with E-state index in [2.05, 4.69) is 15.1 Å². The molecule has 1 amide bonds. The van der Waals surface area contributed by atoms with Gasteiger partial charge >= 0.3 is 6.18 Å². The minimum atomic E-state index is -4.68. The Labute approximate surface area is 150 Å². The van der Waals surface area contributed by atoms with Crippen LogP contribution < -0.4 is 4.90 Å². The molecule has 2 fully saturated rings. The van der Waals surface area contributed by atoms with Gasteiger partial charge in [-0.1, -0.05) is 0 Å². The molecular formula is C17H23F3N4O2. The predicted molar refractivity (Wildman–Crippen MR) is 88.8 cm³/mol. The first kappa shape index (κ1) is 18.9. The Morgan fingerprint density at radius 3 is 2.23 bits per heavy atom. The molecule has 1 aromatic heterocycles. The summed E-state index contributed by atoms with van der Waals surface area (Å²) in [6.07, 6.45) is -2.27. The number of aliphatic hydroxyl groups is 1. The number of alkyl halides is 3. The first-order chi connectivity index (χ1) is 12.2. The second-order valence-electron chi connectivity index (χ2n) is 7.18. The maximum Gasteiger partial charge on any atom is 0.417 e. The normalized spacial score (nSPS) is 21.7. The van der Waals surface area contributed by atoms with E-state index < -0.39 is 17.7 Å². The lowest BCUT2D eigenvalue weighted by Crippen LogP contribution is -2.53. The van der Waals surface area contributed by atoms with E-state index in [1.807, 2.05) is 0 Å². The molecule has 3 rings (SSSR count). The summed E-state index contributed by atoms with van der Waals surface area (Å²) in [5, 5.41) is 17.9. The summed E-state index contributed by atoms with van der Waals surface area (Å²) in [4.78, 5) is 16.1. The topological polar surface area (TPSA) is 69.6 Å². The van der Waals surface area contributed by atoms with E-state index in [4.69, 9.17) is 0 Å². The van der Waals surface area contributed by atoms with Crippen molar-refractivity contribution in [3.05, 3.63) is 17.8 Å². The van der Waals surface area contributed by atoms with Crippen LogP contribution >= 0.6 is 0 Å². The molecule has 9 heteroatoms. The lowest BCUT2D eigenvalue weighted by Gasteiger charge is -2.40. The number of aromatic nitrogens is 2. The highest BCUT2D eigenvalue weighted by Crippen LogP contribution is 2.40. The van der Waals surface area contributed by atoms with Crippen molar-refractivity contribution in [3.63, 3.8) is 0 Å². The summed E-state index contributed by atoms with van der Waals surface area (Å²) < 4.78 is 38.9. The monoisotopic (exact) mass is 372 g/mol. The summed E-state index contributed by atoms with van der Waals surface area (Å²) in [5.74, 6) is -0.523. The van der Waals surface area contributed by atoms with E-state index in [0.29, 0.717) is 0 Å². The van der Waals surface area contributed by atoms with E-state index in [9.17, 15) is 23.1 Å². The van der Waals surface area contributed by atoms with Crippen LogP contribution in [0.25, 0.3) is 0 Å². The number of piperidine rings is 1. The Morgan fingerprint density at radius 1 is 1.12 bits per heavy atom. The van der Waals surface area contributed by atoms with Gasteiger partial charge in [0.25, 0.3) is 5.91 Å². The molecule has 144 valence electrons. The summed E-state index contributed by atoms with van der Waals surface area (Å²) in [7, 11) is 0. The molecule has 26 heavy (non-hydrogen) atoms. The Bertz CT molecular complexity index is 634. The SMILES string of the molecule is CC(O)(C1CCN(C(=O)c2ccc(N3CCCC3)nn2)CC1)C(F)(F)F. The van der Waals surface area contributed by atoms with Crippen molar-refractivity contribution in [1.82, 2.24) is 15.1 Å². The van der Waals surface area contributed by atoms with Gasteiger partial charge in [-0.2, -0.15) is 13.2 Å². The molecule has 1 unspecified atom stereocenters. The second kappa shape index (κ2) is 7.02. The van der Waals surface area contributed by atoms with Crippen LogP contribution in [0, 0.1) is 5.92 Å². The number of hydrogen-bond donors (Lipinski definition) is 1. The first-order valence-electron chi connectivity index (χ1n) is 8.87. The fraction of sp³-hybridized carbons (Fsp3) is 0.706. The van der Waals surface area contributed by atoms with Crippen molar-refractivity contribution in [2.45, 2.75) is 44.4 Å². The van der Waals surface area contributed by atoms with E-state index in [0.717, 1.165) is 38.7 Å².